The third-order valence-corrected chi connectivity index (χ3v) is 7.43. The fraction of sp³-hybridized carbons (Fsp3) is 0.619. The summed E-state index contributed by atoms with van der Waals surface area (Å²) in [5.74, 6) is 0.420. The van der Waals surface area contributed by atoms with Gasteiger partial charge in [0.05, 0.1) is 12.5 Å². The maximum atomic E-state index is 8.73. The minimum atomic E-state index is -1.02. The summed E-state index contributed by atoms with van der Waals surface area (Å²) in [6.07, 6.45) is 6.48. The van der Waals surface area contributed by atoms with Crippen LogP contribution in [-0.2, 0) is 22.9 Å². The Balaban J connectivity index is 0.000000562. The monoisotopic (exact) mass is 462 g/mol. The van der Waals surface area contributed by atoms with Crippen molar-refractivity contribution >= 4 is 22.0 Å². The van der Waals surface area contributed by atoms with Gasteiger partial charge in [-0.1, -0.05) is 53.3 Å². The van der Waals surface area contributed by atoms with Crippen molar-refractivity contribution in [3.05, 3.63) is 42.2 Å². The van der Waals surface area contributed by atoms with Crippen molar-refractivity contribution in [2.45, 2.75) is 72.3 Å². The Labute approximate surface area is 189 Å². The summed E-state index contributed by atoms with van der Waals surface area (Å²) in [4.78, 5) is 11.0. The molecule has 0 bridgehead atoms. The zero-order chi connectivity index (χ0) is 22.6. The van der Waals surface area contributed by atoms with Crippen molar-refractivity contribution in [3.63, 3.8) is 0 Å². The summed E-state index contributed by atoms with van der Waals surface area (Å²) in [5, 5.41) is 8.73. The lowest BCUT2D eigenvalue weighted by Gasteiger charge is -2.15. The number of hydrogen-bond acceptors (Lipinski definition) is 5. The minimum absolute atomic E-state index is 0. The van der Waals surface area contributed by atoms with Gasteiger partial charge in [-0.2, -0.15) is 5.26 Å². The highest BCUT2D eigenvalue weighted by Gasteiger charge is 2.12. The molecular weight excluding hydrogens is 424 g/mol. The molecule has 0 atom stereocenters. The van der Waals surface area contributed by atoms with Gasteiger partial charge in [-0.25, -0.2) is 4.98 Å². The first-order valence-electron chi connectivity index (χ1n) is 9.99. The van der Waals surface area contributed by atoms with Crippen molar-refractivity contribution < 1.29 is 9.47 Å². The van der Waals surface area contributed by atoms with Gasteiger partial charge in [0.2, 0.25) is 0 Å². The lowest BCUT2D eigenvalue weighted by Crippen LogP contribution is -2.22. The Morgan fingerprint density at radius 3 is 2.10 bits per heavy atom. The van der Waals surface area contributed by atoms with Crippen molar-refractivity contribution in [1.82, 2.24) is 19.1 Å². The van der Waals surface area contributed by atoms with E-state index in [0.29, 0.717) is 25.0 Å². The third-order valence-electron chi connectivity index (χ3n) is 4.02. The highest BCUT2D eigenvalue weighted by atomic mass is 28.3. The molecule has 0 aliphatic heterocycles. The average Bonchev–Trinajstić information content (AvgIpc) is 3.30. The highest BCUT2D eigenvalue weighted by molar-refractivity contribution is 6.76. The molecule has 0 saturated heterocycles. The fourth-order valence-electron chi connectivity index (χ4n) is 2.08. The third kappa shape index (κ3) is 13.6. The van der Waals surface area contributed by atoms with Crippen LogP contribution in [0.15, 0.2) is 25.0 Å². The number of nitrogens with zero attached hydrogens (tertiary/aromatic N) is 6. The molecule has 0 aromatic carbocycles. The van der Waals surface area contributed by atoms with E-state index in [9.17, 15) is 0 Å². The molecule has 2 aromatic rings. The second-order valence-electron chi connectivity index (χ2n) is 9.41. The zero-order valence-electron chi connectivity index (χ0n) is 19.1. The molecule has 172 valence electrons. The second kappa shape index (κ2) is 13.9. The first-order valence-corrected chi connectivity index (χ1v) is 17.4. The molecule has 0 saturated carbocycles. The Kier molecular flexibility index (Phi) is 12.9. The number of hydrogen-bond donors (Lipinski definition) is 0. The molecule has 0 amide bonds. The van der Waals surface area contributed by atoms with Gasteiger partial charge in [0.15, 0.2) is 6.33 Å². The van der Waals surface area contributed by atoms with Crippen LogP contribution < -0.4 is 0 Å². The maximum Gasteiger partial charge on any atom is 0.287 e. The summed E-state index contributed by atoms with van der Waals surface area (Å²) in [6.45, 7) is 23.2. The number of nitriles is 1. The maximum absolute atomic E-state index is 8.73. The molecule has 10 heteroatoms. The lowest BCUT2D eigenvalue weighted by molar-refractivity contribution is 0.0866. The Hall–Kier alpha value is -2.25. The standard InChI is InChI=1S/2C10H17N3OSi.CH4/c1-11-10-7-13(8-12-10)9-14-5-6-15(2,3)4;1-15(2,3)5-4-14-9-13-8-12-7-10(13)6-11;/h7-8H,5-6,9H2,2-4H3;7-8H,4-5,9H2,1-3H3;1H4. The van der Waals surface area contributed by atoms with Crippen molar-refractivity contribution in [1.29, 1.82) is 5.26 Å². The first-order chi connectivity index (χ1) is 14.0. The Morgan fingerprint density at radius 1 is 1.03 bits per heavy atom. The molecule has 0 N–H and O–H groups in total. The van der Waals surface area contributed by atoms with E-state index in [1.54, 1.807) is 34.2 Å². The second-order valence-corrected chi connectivity index (χ2v) is 20.7. The molecule has 0 spiro atoms. The number of aromatic nitrogens is 4. The van der Waals surface area contributed by atoms with Crippen LogP contribution in [0.1, 0.15) is 13.1 Å². The van der Waals surface area contributed by atoms with E-state index in [2.05, 4.69) is 60.2 Å². The van der Waals surface area contributed by atoms with E-state index < -0.39 is 16.1 Å². The van der Waals surface area contributed by atoms with Crippen LogP contribution in [0.3, 0.4) is 0 Å². The summed E-state index contributed by atoms with van der Waals surface area (Å²) in [7, 11) is -2.01. The Bertz CT molecular complexity index is 838. The first kappa shape index (κ1) is 28.8. The predicted molar refractivity (Wildman–Crippen MR) is 130 cm³/mol. The van der Waals surface area contributed by atoms with Crippen LogP contribution in [0.5, 0.6) is 0 Å². The van der Waals surface area contributed by atoms with Crippen LogP contribution in [0.4, 0.5) is 5.82 Å². The van der Waals surface area contributed by atoms with Crippen molar-refractivity contribution in [3.8, 4) is 6.07 Å². The van der Waals surface area contributed by atoms with Crippen molar-refractivity contribution in [2.75, 3.05) is 13.2 Å². The van der Waals surface area contributed by atoms with E-state index in [-0.39, 0.29) is 7.43 Å². The van der Waals surface area contributed by atoms with E-state index in [4.69, 9.17) is 21.3 Å². The molecule has 8 nitrogen and oxygen atoms in total. The van der Waals surface area contributed by atoms with Gasteiger partial charge in [0.25, 0.3) is 5.82 Å². The summed E-state index contributed by atoms with van der Waals surface area (Å²) < 4.78 is 14.5. The van der Waals surface area contributed by atoms with Crippen LogP contribution in [0.2, 0.25) is 51.4 Å². The molecule has 0 aliphatic carbocycles. The largest absolute Gasteiger partial charge is 0.361 e. The smallest absolute Gasteiger partial charge is 0.287 e. The van der Waals surface area contributed by atoms with Crippen LogP contribution in [-0.4, -0.2) is 48.5 Å². The van der Waals surface area contributed by atoms with Crippen LogP contribution >= 0.6 is 0 Å². The SMILES string of the molecule is C.C[Si](C)(C)CCOCn1cncc1C#N.[C-]#[N+]c1cn(COCC[Si](C)(C)C)cn1. The van der Waals surface area contributed by atoms with Crippen LogP contribution in [0.25, 0.3) is 4.85 Å². The lowest BCUT2D eigenvalue weighted by atomic mass is 10.5. The van der Waals surface area contributed by atoms with E-state index >= 15 is 0 Å². The van der Waals surface area contributed by atoms with Gasteiger partial charge in [0, 0.05) is 35.6 Å². The van der Waals surface area contributed by atoms with Gasteiger partial charge in [-0.3, -0.25) is 4.57 Å². The average molecular weight is 463 g/mol. The fourth-order valence-corrected chi connectivity index (χ4v) is 3.60. The quantitative estimate of drug-likeness (QED) is 0.266. The van der Waals surface area contributed by atoms with E-state index in [0.717, 1.165) is 25.3 Å². The normalized spacial score (nSPS) is 11.0. The summed E-state index contributed by atoms with van der Waals surface area (Å²) in [6, 6.07) is 4.37. The van der Waals surface area contributed by atoms with Gasteiger partial charge in [0.1, 0.15) is 25.2 Å². The number of ether oxygens (including phenoxy) is 2. The molecule has 0 radical (unpaired) electrons. The van der Waals surface area contributed by atoms with Crippen LogP contribution in [0, 0.1) is 17.9 Å². The van der Waals surface area contributed by atoms with E-state index in [1.807, 2.05) is 0 Å². The van der Waals surface area contributed by atoms with Gasteiger partial charge >= 0.3 is 0 Å². The molecular formula is C21H38N6O2Si2. The predicted octanol–water partition coefficient (Wildman–Crippen LogP) is 5.45. The molecule has 2 rings (SSSR count). The number of imidazole rings is 2. The number of rotatable bonds is 10. The zero-order valence-corrected chi connectivity index (χ0v) is 21.1. The highest BCUT2D eigenvalue weighted by Crippen LogP contribution is 2.10. The summed E-state index contributed by atoms with van der Waals surface area (Å²) in [5.41, 5.74) is 0.544. The molecule has 0 unspecified atom stereocenters. The molecule has 2 aromatic heterocycles. The van der Waals surface area contributed by atoms with Gasteiger partial charge in [-0.15, -0.1) is 4.98 Å². The topological polar surface area (TPSA) is 82.2 Å². The molecule has 0 aliphatic rings. The van der Waals surface area contributed by atoms with E-state index in [1.165, 1.54) is 0 Å². The molecule has 31 heavy (non-hydrogen) atoms. The minimum Gasteiger partial charge on any atom is -0.361 e. The van der Waals surface area contributed by atoms with Gasteiger partial charge in [-0.05, 0) is 12.1 Å². The Morgan fingerprint density at radius 2 is 1.61 bits per heavy atom. The molecule has 0 fully saturated rings. The van der Waals surface area contributed by atoms with Gasteiger partial charge < -0.3 is 18.9 Å². The summed E-state index contributed by atoms with van der Waals surface area (Å²) >= 11 is 0. The van der Waals surface area contributed by atoms with Crippen molar-refractivity contribution in [2.24, 2.45) is 0 Å². The molecule has 2 heterocycles.